The Kier molecular flexibility index (Phi) is 3.61. The van der Waals surface area contributed by atoms with E-state index in [0.29, 0.717) is 0 Å². The predicted molar refractivity (Wildman–Crippen MR) is 82.5 cm³/mol. The minimum atomic E-state index is 0.0657. The van der Waals surface area contributed by atoms with Crippen molar-refractivity contribution in [2.75, 3.05) is 13.6 Å². The summed E-state index contributed by atoms with van der Waals surface area (Å²) in [5.41, 5.74) is 4.21. The van der Waals surface area contributed by atoms with Gasteiger partial charge in [-0.25, -0.2) is 5.90 Å². The lowest BCUT2D eigenvalue weighted by Crippen LogP contribution is -2.37. The Labute approximate surface area is 125 Å². The first-order chi connectivity index (χ1) is 10.2. The van der Waals surface area contributed by atoms with Crippen LogP contribution < -0.4 is 10.6 Å². The van der Waals surface area contributed by atoms with Crippen molar-refractivity contribution in [1.82, 2.24) is 4.90 Å². The lowest BCUT2D eigenvalue weighted by molar-refractivity contribution is 0.197. The van der Waals surface area contributed by atoms with E-state index < -0.39 is 0 Å². The number of hydrogen-bond donors (Lipinski definition) is 2. The van der Waals surface area contributed by atoms with E-state index in [2.05, 4.69) is 61.2 Å². The maximum absolute atomic E-state index is 6.50. The third-order valence-electron chi connectivity index (χ3n) is 4.80. The zero-order valence-corrected chi connectivity index (χ0v) is 12.5. The van der Waals surface area contributed by atoms with Crippen molar-refractivity contribution in [1.29, 1.82) is 0 Å². The molecule has 0 saturated carbocycles. The molecule has 0 amide bonds. The highest BCUT2D eigenvalue weighted by Gasteiger charge is 2.49. The standard InChI is InChI=1S/C17H19NO.H3NO/c1-12-6-7-13-11-18(2)10-9-17-8-4-3-5-14(17)19-16(12)15(13)17;1-2/h3-8,14H,9-11H2,1-2H3;2H,1H2. The van der Waals surface area contributed by atoms with Crippen LogP contribution in [0.4, 0.5) is 0 Å². The van der Waals surface area contributed by atoms with Gasteiger partial charge >= 0.3 is 0 Å². The molecule has 112 valence electrons. The lowest BCUT2D eigenvalue weighted by Gasteiger charge is -2.31. The lowest BCUT2D eigenvalue weighted by atomic mass is 9.71. The maximum atomic E-state index is 6.50. The van der Waals surface area contributed by atoms with Crippen LogP contribution in [-0.2, 0) is 12.0 Å². The predicted octanol–water partition coefficient (Wildman–Crippen LogP) is 2.29. The second kappa shape index (κ2) is 5.30. The van der Waals surface area contributed by atoms with Crippen molar-refractivity contribution in [3.8, 4) is 5.75 Å². The molecule has 3 N–H and O–H groups in total. The van der Waals surface area contributed by atoms with Crippen LogP contribution in [0.2, 0.25) is 0 Å². The van der Waals surface area contributed by atoms with Gasteiger partial charge in [-0.2, -0.15) is 0 Å². The molecule has 4 rings (SSSR count). The van der Waals surface area contributed by atoms with E-state index in [9.17, 15) is 0 Å². The Morgan fingerprint density at radius 3 is 2.95 bits per heavy atom. The minimum Gasteiger partial charge on any atom is -0.484 e. The zero-order chi connectivity index (χ0) is 15.0. The molecule has 4 heteroatoms. The molecule has 0 aromatic heterocycles. The normalized spacial score (nSPS) is 28.9. The number of benzene rings is 1. The first-order valence-electron chi connectivity index (χ1n) is 7.31. The Morgan fingerprint density at radius 1 is 1.33 bits per heavy atom. The molecule has 0 bridgehead atoms. The average Bonchev–Trinajstić information content (AvgIpc) is 2.80. The van der Waals surface area contributed by atoms with E-state index in [1.54, 1.807) is 0 Å². The molecular weight excluding hydrogens is 264 g/mol. The van der Waals surface area contributed by atoms with E-state index >= 15 is 0 Å². The first-order valence-corrected chi connectivity index (χ1v) is 7.31. The molecule has 1 aromatic carbocycles. The van der Waals surface area contributed by atoms with Gasteiger partial charge in [-0.15, -0.1) is 0 Å². The summed E-state index contributed by atoms with van der Waals surface area (Å²) < 4.78 is 6.29. The smallest absolute Gasteiger partial charge is 0.130 e. The fraction of sp³-hybridized carbons (Fsp3) is 0.412. The summed E-state index contributed by atoms with van der Waals surface area (Å²) in [6, 6.07) is 4.49. The summed E-state index contributed by atoms with van der Waals surface area (Å²) in [7, 11) is 2.21. The molecule has 1 spiro atoms. The van der Waals surface area contributed by atoms with Gasteiger partial charge in [0.25, 0.3) is 0 Å². The average molecular weight is 286 g/mol. The van der Waals surface area contributed by atoms with Crippen molar-refractivity contribution in [2.24, 2.45) is 5.90 Å². The number of aryl methyl sites for hydroxylation is 1. The molecule has 0 saturated heterocycles. The third kappa shape index (κ3) is 2.02. The molecule has 2 aliphatic heterocycles. The van der Waals surface area contributed by atoms with Gasteiger partial charge in [-0.05, 0) is 44.1 Å². The van der Waals surface area contributed by atoms with Gasteiger partial charge in [0.05, 0.1) is 5.41 Å². The highest BCUT2D eigenvalue weighted by Crippen LogP contribution is 2.52. The van der Waals surface area contributed by atoms with Crippen LogP contribution in [0.5, 0.6) is 5.75 Å². The van der Waals surface area contributed by atoms with E-state index in [0.717, 1.165) is 25.3 Å². The molecular formula is C17H22N2O2. The number of ether oxygens (including phenoxy) is 1. The third-order valence-corrected chi connectivity index (χ3v) is 4.80. The van der Waals surface area contributed by atoms with Gasteiger partial charge in [0.2, 0.25) is 0 Å². The zero-order valence-electron chi connectivity index (χ0n) is 12.5. The fourth-order valence-electron chi connectivity index (χ4n) is 3.77. The molecule has 1 aromatic rings. The van der Waals surface area contributed by atoms with Gasteiger partial charge in [0, 0.05) is 12.1 Å². The second-order valence-corrected chi connectivity index (χ2v) is 6.06. The highest BCUT2D eigenvalue weighted by molar-refractivity contribution is 5.59. The van der Waals surface area contributed by atoms with Crippen molar-refractivity contribution in [3.05, 3.63) is 53.1 Å². The van der Waals surface area contributed by atoms with Crippen molar-refractivity contribution in [2.45, 2.75) is 31.4 Å². The number of nitrogens with zero attached hydrogens (tertiary/aromatic N) is 1. The number of allylic oxidation sites excluding steroid dienone is 2. The summed E-state index contributed by atoms with van der Waals surface area (Å²) in [6.07, 6.45) is 10.2. The molecule has 0 radical (unpaired) electrons. The van der Waals surface area contributed by atoms with Crippen LogP contribution in [0.1, 0.15) is 23.1 Å². The Bertz CT molecular complexity index is 609. The quantitative estimate of drug-likeness (QED) is 0.718. The summed E-state index contributed by atoms with van der Waals surface area (Å²) in [4.78, 5) is 2.42. The highest BCUT2D eigenvalue weighted by atomic mass is 16.5. The summed E-state index contributed by atoms with van der Waals surface area (Å²) in [5, 5.41) is 6.50. The molecule has 1 aliphatic carbocycles. The summed E-state index contributed by atoms with van der Waals surface area (Å²) in [5.74, 6) is 4.63. The van der Waals surface area contributed by atoms with Crippen LogP contribution in [0, 0.1) is 6.92 Å². The van der Waals surface area contributed by atoms with Crippen molar-refractivity contribution < 1.29 is 9.94 Å². The number of nitrogens with two attached hydrogens (primary N) is 1. The largest absolute Gasteiger partial charge is 0.484 e. The second-order valence-electron chi connectivity index (χ2n) is 6.06. The van der Waals surface area contributed by atoms with E-state index in [-0.39, 0.29) is 11.5 Å². The number of hydrogen-bond acceptors (Lipinski definition) is 4. The molecule has 4 nitrogen and oxygen atoms in total. The van der Waals surface area contributed by atoms with Crippen molar-refractivity contribution in [3.63, 3.8) is 0 Å². The maximum Gasteiger partial charge on any atom is 0.130 e. The topological polar surface area (TPSA) is 58.7 Å². The van der Waals surface area contributed by atoms with Gasteiger partial charge in [0.15, 0.2) is 0 Å². The summed E-state index contributed by atoms with van der Waals surface area (Å²) >= 11 is 0. The molecule has 0 fully saturated rings. The van der Waals surface area contributed by atoms with E-state index in [1.807, 2.05) is 0 Å². The van der Waals surface area contributed by atoms with Gasteiger partial charge in [-0.1, -0.05) is 30.4 Å². The molecule has 2 heterocycles. The van der Waals surface area contributed by atoms with Crippen LogP contribution in [0.3, 0.4) is 0 Å². The molecule has 2 atom stereocenters. The van der Waals surface area contributed by atoms with Crippen molar-refractivity contribution >= 4 is 0 Å². The molecule has 21 heavy (non-hydrogen) atoms. The first kappa shape index (κ1) is 14.3. The summed E-state index contributed by atoms with van der Waals surface area (Å²) in [6.45, 7) is 4.30. The molecule has 3 aliphatic rings. The Morgan fingerprint density at radius 2 is 2.14 bits per heavy atom. The van der Waals surface area contributed by atoms with Crippen LogP contribution >= 0.6 is 0 Å². The molecule has 2 unspecified atom stereocenters. The van der Waals surface area contributed by atoms with Gasteiger partial charge in [0.1, 0.15) is 11.9 Å². The fourth-order valence-corrected chi connectivity index (χ4v) is 3.77. The van der Waals surface area contributed by atoms with E-state index in [4.69, 9.17) is 9.94 Å². The van der Waals surface area contributed by atoms with Crippen LogP contribution in [0.25, 0.3) is 0 Å². The monoisotopic (exact) mass is 286 g/mol. The minimum absolute atomic E-state index is 0.0657. The van der Waals surface area contributed by atoms with Crippen LogP contribution in [0.15, 0.2) is 36.4 Å². The van der Waals surface area contributed by atoms with Crippen LogP contribution in [-0.4, -0.2) is 29.8 Å². The Hall–Kier alpha value is -1.62. The number of rotatable bonds is 0. The van der Waals surface area contributed by atoms with Gasteiger partial charge in [-0.3, -0.25) is 0 Å². The Balaban J connectivity index is 0.000000636. The van der Waals surface area contributed by atoms with Gasteiger partial charge < -0.3 is 14.8 Å². The van der Waals surface area contributed by atoms with E-state index in [1.165, 1.54) is 16.7 Å². The SMILES string of the molecule is Cc1ccc2c3c1OC1C=CC=CC31CCN(C)C2.NO.